The van der Waals surface area contributed by atoms with Gasteiger partial charge in [0.05, 0.1) is 0 Å². The lowest BCUT2D eigenvalue weighted by molar-refractivity contribution is 0.0601. The van der Waals surface area contributed by atoms with E-state index in [1.807, 2.05) is 55.4 Å². The molecule has 1 aliphatic heterocycles. The Morgan fingerprint density at radius 3 is 2.44 bits per heavy atom. The molecule has 0 aromatic heterocycles. The van der Waals surface area contributed by atoms with Crippen molar-refractivity contribution >= 4 is 39.0 Å². The van der Waals surface area contributed by atoms with Gasteiger partial charge in [0.25, 0.3) is 11.8 Å². The number of nitrogens with two attached hydrogens (primary N) is 1. The Bertz CT molecular complexity index is 1040. The standard InChI is InChI=1S/C20H19N3O2/c1-22(2)9-10-23-19(24)14-7-4-6-13-17-12(5-3-8-16(17)21)11-15(18(13)14)20(23)25/h3-8,11H,9-10,21H2,1-2H3. The van der Waals surface area contributed by atoms with Crippen molar-refractivity contribution in [3.8, 4) is 0 Å². The van der Waals surface area contributed by atoms with Gasteiger partial charge in [0.1, 0.15) is 0 Å². The van der Waals surface area contributed by atoms with E-state index in [0.29, 0.717) is 35.3 Å². The summed E-state index contributed by atoms with van der Waals surface area (Å²) in [4.78, 5) is 29.2. The first-order chi connectivity index (χ1) is 12.0. The van der Waals surface area contributed by atoms with Crippen LogP contribution in [0.3, 0.4) is 0 Å². The van der Waals surface area contributed by atoms with Gasteiger partial charge in [-0.1, -0.05) is 24.3 Å². The number of benzene rings is 3. The Hall–Kier alpha value is -2.92. The maximum Gasteiger partial charge on any atom is 0.261 e. The van der Waals surface area contributed by atoms with E-state index in [2.05, 4.69) is 0 Å². The number of carbonyl (C=O) groups is 2. The highest BCUT2D eigenvalue weighted by molar-refractivity contribution is 6.30. The Labute approximate surface area is 145 Å². The van der Waals surface area contributed by atoms with Crippen LogP contribution in [-0.2, 0) is 0 Å². The van der Waals surface area contributed by atoms with Crippen molar-refractivity contribution < 1.29 is 9.59 Å². The van der Waals surface area contributed by atoms with Gasteiger partial charge in [0.2, 0.25) is 0 Å². The number of nitrogens with zero attached hydrogens (tertiary/aromatic N) is 2. The molecule has 1 heterocycles. The molecule has 0 aliphatic carbocycles. The highest BCUT2D eigenvalue weighted by atomic mass is 16.2. The lowest BCUT2D eigenvalue weighted by atomic mass is 9.89. The topological polar surface area (TPSA) is 66.6 Å². The number of amides is 2. The Morgan fingerprint density at radius 2 is 1.68 bits per heavy atom. The molecule has 3 aromatic carbocycles. The minimum absolute atomic E-state index is 0.236. The molecule has 0 bridgehead atoms. The van der Waals surface area contributed by atoms with Crippen LogP contribution in [0.2, 0.25) is 0 Å². The summed E-state index contributed by atoms with van der Waals surface area (Å²) in [7, 11) is 3.84. The lowest BCUT2D eigenvalue weighted by Gasteiger charge is -2.28. The molecule has 2 N–H and O–H groups in total. The monoisotopic (exact) mass is 333 g/mol. The summed E-state index contributed by atoms with van der Waals surface area (Å²) < 4.78 is 0. The van der Waals surface area contributed by atoms with Gasteiger partial charge in [-0.3, -0.25) is 14.5 Å². The molecule has 0 radical (unpaired) electrons. The molecule has 2 amide bonds. The van der Waals surface area contributed by atoms with Crippen molar-refractivity contribution in [2.24, 2.45) is 0 Å². The minimum Gasteiger partial charge on any atom is -0.398 e. The van der Waals surface area contributed by atoms with E-state index in [4.69, 9.17) is 5.73 Å². The van der Waals surface area contributed by atoms with Gasteiger partial charge in [-0.25, -0.2) is 0 Å². The SMILES string of the molecule is CN(C)CCN1C(=O)c2cccc3c2c(cc2cccc(N)c23)C1=O. The molecule has 1 aliphatic rings. The van der Waals surface area contributed by atoms with E-state index in [0.717, 1.165) is 16.2 Å². The molecule has 0 spiro atoms. The van der Waals surface area contributed by atoms with Crippen LogP contribution < -0.4 is 5.73 Å². The van der Waals surface area contributed by atoms with Gasteiger partial charge in [-0.2, -0.15) is 0 Å². The van der Waals surface area contributed by atoms with Crippen molar-refractivity contribution in [1.29, 1.82) is 0 Å². The zero-order valence-corrected chi connectivity index (χ0v) is 14.2. The van der Waals surface area contributed by atoms with E-state index in [1.165, 1.54) is 4.90 Å². The summed E-state index contributed by atoms with van der Waals surface area (Å²) in [6.07, 6.45) is 0. The zero-order chi connectivity index (χ0) is 17.7. The van der Waals surface area contributed by atoms with Crippen LogP contribution in [0.4, 0.5) is 5.69 Å². The predicted molar refractivity (Wildman–Crippen MR) is 99.8 cm³/mol. The van der Waals surface area contributed by atoms with Crippen molar-refractivity contribution in [2.75, 3.05) is 32.9 Å². The first-order valence-corrected chi connectivity index (χ1v) is 8.24. The van der Waals surface area contributed by atoms with Crippen molar-refractivity contribution in [3.05, 3.63) is 53.6 Å². The third-order valence-corrected chi connectivity index (χ3v) is 4.75. The van der Waals surface area contributed by atoms with Crippen molar-refractivity contribution in [3.63, 3.8) is 0 Å². The molecule has 0 saturated carbocycles. The number of hydrogen-bond donors (Lipinski definition) is 1. The molecule has 0 atom stereocenters. The van der Waals surface area contributed by atoms with E-state index in [9.17, 15) is 9.59 Å². The van der Waals surface area contributed by atoms with Crippen LogP contribution in [0.25, 0.3) is 21.5 Å². The number of hydrogen-bond acceptors (Lipinski definition) is 4. The fraction of sp³-hybridized carbons (Fsp3) is 0.200. The third-order valence-electron chi connectivity index (χ3n) is 4.75. The maximum absolute atomic E-state index is 13.0. The molecular weight excluding hydrogens is 314 g/mol. The number of nitrogen functional groups attached to an aromatic ring is 1. The molecule has 0 fully saturated rings. The van der Waals surface area contributed by atoms with Crippen LogP contribution in [-0.4, -0.2) is 48.8 Å². The number of likely N-dealkylation sites (N-methyl/N-ethyl adjacent to an activating group) is 1. The summed E-state index contributed by atoms with van der Waals surface area (Å²) in [5.41, 5.74) is 7.96. The Kier molecular flexibility index (Phi) is 3.47. The fourth-order valence-electron chi connectivity index (χ4n) is 3.53. The second-order valence-electron chi connectivity index (χ2n) is 6.66. The number of anilines is 1. The van der Waals surface area contributed by atoms with Crippen LogP contribution in [0.1, 0.15) is 20.7 Å². The average Bonchev–Trinajstić information content (AvgIpc) is 2.59. The highest BCUT2D eigenvalue weighted by Crippen LogP contribution is 2.37. The summed E-state index contributed by atoms with van der Waals surface area (Å²) in [5.74, 6) is -0.473. The molecule has 4 rings (SSSR count). The van der Waals surface area contributed by atoms with Crippen LogP contribution in [0, 0.1) is 0 Å². The van der Waals surface area contributed by atoms with Gasteiger partial charge >= 0.3 is 0 Å². The largest absolute Gasteiger partial charge is 0.398 e. The Morgan fingerprint density at radius 1 is 0.960 bits per heavy atom. The number of imide groups is 1. The summed E-state index contributed by atoms with van der Waals surface area (Å²) in [6.45, 7) is 0.999. The van der Waals surface area contributed by atoms with Gasteiger partial charge in [-0.05, 0) is 43.1 Å². The normalized spacial score (nSPS) is 14.1. The first kappa shape index (κ1) is 15.6. The second kappa shape index (κ2) is 5.57. The lowest BCUT2D eigenvalue weighted by Crippen LogP contribution is -2.43. The van der Waals surface area contributed by atoms with E-state index >= 15 is 0 Å². The second-order valence-corrected chi connectivity index (χ2v) is 6.66. The molecule has 0 unspecified atom stereocenters. The molecule has 5 heteroatoms. The van der Waals surface area contributed by atoms with Crippen LogP contribution in [0.5, 0.6) is 0 Å². The Balaban J connectivity index is 2.01. The van der Waals surface area contributed by atoms with Gasteiger partial charge < -0.3 is 10.6 Å². The van der Waals surface area contributed by atoms with E-state index in [1.54, 1.807) is 6.07 Å². The van der Waals surface area contributed by atoms with Crippen LogP contribution in [0.15, 0.2) is 42.5 Å². The van der Waals surface area contributed by atoms with Crippen LogP contribution >= 0.6 is 0 Å². The third kappa shape index (κ3) is 2.27. The van der Waals surface area contributed by atoms with Crippen molar-refractivity contribution in [2.45, 2.75) is 0 Å². The maximum atomic E-state index is 13.0. The molecular formula is C20H19N3O2. The minimum atomic E-state index is -0.237. The highest BCUT2D eigenvalue weighted by Gasteiger charge is 2.33. The van der Waals surface area contributed by atoms with E-state index in [-0.39, 0.29) is 11.8 Å². The molecule has 3 aromatic rings. The fourth-order valence-corrected chi connectivity index (χ4v) is 3.53. The first-order valence-electron chi connectivity index (χ1n) is 8.24. The molecule has 25 heavy (non-hydrogen) atoms. The van der Waals surface area contributed by atoms with Gasteiger partial charge in [0.15, 0.2) is 0 Å². The summed E-state index contributed by atoms with van der Waals surface area (Å²) in [6, 6.07) is 13.1. The molecule has 0 saturated heterocycles. The van der Waals surface area contributed by atoms with Gasteiger partial charge in [-0.15, -0.1) is 0 Å². The van der Waals surface area contributed by atoms with Crippen molar-refractivity contribution in [1.82, 2.24) is 9.80 Å². The smallest absolute Gasteiger partial charge is 0.261 e. The predicted octanol–water partition coefficient (Wildman–Crippen LogP) is 2.73. The quantitative estimate of drug-likeness (QED) is 0.455. The molecule has 5 nitrogen and oxygen atoms in total. The summed E-state index contributed by atoms with van der Waals surface area (Å²) in [5, 5.41) is 3.38. The number of carbonyl (C=O) groups excluding carboxylic acids is 2. The summed E-state index contributed by atoms with van der Waals surface area (Å²) >= 11 is 0. The van der Waals surface area contributed by atoms with Gasteiger partial charge in [0, 0.05) is 40.7 Å². The number of rotatable bonds is 3. The number of fused-ring (bicyclic) bond motifs is 2. The average molecular weight is 333 g/mol. The van der Waals surface area contributed by atoms with E-state index < -0.39 is 0 Å². The zero-order valence-electron chi connectivity index (χ0n) is 14.2. The molecule has 126 valence electrons.